The third-order valence-electron chi connectivity index (χ3n) is 2.91. The van der Waals surface area contributed by atoms with Crippen molar-refractivity contribution in [3.63, 3.8) is 0 Å². The largest absolute Gasteiger partial charge is 0.461 e. The van der Waals surface area contributed by atoms with Gasteiger partial charge in [0.2, 0.25) is 5.91 Å². The highest BCUT2D eigenvalue weighted by Crippen LogP contribution is 2.21. The molecule has 3 aromatic rings. The van der Waals surface area contributed by atoms with E-state index in [-0.39, 0.29) is 12.3 Å². The Kier molecular flexibility index (Phi) is 3.66. The molecule has 108 valence electrons. The molecule has 0 bridgehead atoms. The maximum atomic E-state index is 11.3. The number of aromatic nitrogens is 3. The van der Waals surface area contributed by atoms with E-state index in [0.717, 1.165) is 5.56 Å². The van der Waals surface area contributed by atoms with Crippen LogP contribution in [0.4, 0.5) is 5.69 Å². The van der Waals surface area contributed by atoms with Crippen LogP contribution < -0.4 is 5.32 Å². The first-order valence-corrected chi connectivity index (χ1v) is 6.50. The van der Waals surface area contributed by atoms with Crippen LogP contribution in [0.5, 0.6) is 0 Å². The Labute approximate surface area is 125 Å². The number of carbonyl (C=O) groups excluding carboxylic acids is 1. The number of furan rings is 1. The first-order chi connectivity index (χ1) is 10.8. The van der Waals surface area contributed by atoms with Gasteiger partial charge in [-0.2, -0.15) is 10.4 Å². The zero-order valence-electron chi connectivity index (χ0n) is 11.4. The van der Waals surface area contributed by atoms with Gasteiger partial charge in [-0.1, -0.05) is 0 Å². The van der Waals surface area contributed by atoms with Crippen molar-refractivity contribution in [2.75, 3.05) is 5.32 Å². The van der Waals surface area contributed by atoms with E-state index in [9.17, 15) is 4.79 Å². The average Bonchev–Trinajstić information content (AvgIpc) is 3.19. The molecule has 0 unspecified atom stereocenters. The highest BCUT2D eigenvalue weighted by atomic mass is 16.3. The molecule has 0 fully saturated rings. The summed E-state index contributed by atoms with van der Waals surface area (Å²) in [5.41, 5.74) is 1.41. The summed E-state index contributed by atoms with van der Waals surface area (Å²) in [6, 6.07) is 12.4. The summed E-state index contributed by atoms with van der Waals surface area (Å²) in [6.07, 6.45) is 1.39. The lowest BCUT2D eigenvalue weighted by Crippen LogP contribution is -2.09. The number of rotatable bonds is 4. The number of hydrogen-bond donors (Lipinski definition) is 2. The van der Waals surface area contributed by atoms with Gasteiger partial charge in [-0.25, -0.2) is 4.98 Å². The predicted octanol–water partition coefficient (Wildman–Crippen LogP) is 2.58. The number of amides is 1. The summed E-state index contributed by atoms with van der Waals surface area (Å²) in [6.45, 7) is 0. The maximum absolute atomic E-state index is 11.3. The van der Waals surface area contributed by atoms with E-state index in [1.165, 1.54) is 0 Å². The lowest BCUT2D eigenvalue weighted by atomic mass is 10.2. The molecule has 1 amide bonds. The third-order valence-corrected chi connectivity index (χ3v) is 2.91. The Morgan fingerprint density at radius 2 is 2.14 bits per heavy atom. The molecule has 7 nitrogen and oxygen atoms in total. The van der Waals surface area contributed by atoms with Crippen molar-refractivity contribution in [2.24, 2.45) is 0 Å². The summed E-state index contributed by atoms with van der Waals surface area (Å²) in [5.74, 6) is 1.35. The number of anilines is 1. The molecule has 0 atom stereocenters. The van der Waals surface area contributed by atoms with Gasteiger partial charge in [-0.05, 0) is 36.4 Å². The Morgan fingerprint density at radius 3 is 2.82 bits per heavy atom. The van der Waals surface area contributed by atoms with Crippen LogP contribution in [0.2, 0.25) is 0 Å². The monoisotopic (exact) mass is 293 g/mol. The van der Waals surface area contributed by atoms with Gasteiger partial charge in [0.1, 0.15) is 6.42 Å². The number of nitrogens with one attached hydrogen (secondary N) is 2. The SMILES string of the molecule is N#CCC(=O)Nc1ccc(-c2n[nH]c(-c3ccco3)n2)cc1. The molecule has 0 saturated carbocycles. The second-order valence-electron chi connectivity index (χ2n) is 4.45. The Hall–Kier alpha value is -3.40. The van der Waals surface area contributed by atoms with Crippen LogP contribution in [-0.2, 0) is 4.79 Å². The molecule has 0 saturated heterocycles. The molecule has 0 aliphatic carbocycles. The Morgan fingerprint density at radius 1 is 1.32 bits per heavy atom. The highest BCUT2D eigenvalue weighted by Gasteiger charge is 2.09. The molecule has 0 aliphatic heterocycles. The minimum atomic E-state index is -0.340. The lowest BCUT2D eigenvalue weighted by Gasteiger charge is -2.02. The first kappa shape index (κ1) is 13.6. The lowest BCUT2D eigenvalue weighted by molar-refractivity contribution is -0.115. The summed E-state index contributed by atoms with van der Waals surface area (Å²) in [7, 11) is 0. The van der Waals surface area contributed by atoms with Crippen LogP contribution in [-0.4, -0.2) is 21.1 Å². The van der Waals surface area contributed by atoms with Crippen molar-refractivity contribution in [1.29, 1.82) is 5.26 Å². The standard InChI is InChI=1S/C15H11N5O2/c16-8-7-13(21)17-11-5-3-10(4-6-11)14-18-15(20-19-14)12-2-1-9-22-12/h1-6,9H,7H2,(H,17,21)(H,18,19,20). The number of nitriles is 1. The van der Waals surface area contributed by atoms with Crippen LogP contribution in [0.1, 0.15) is 6.42 Å². The number of benzene rings is 1. The summed E-state index contributed by atoms with van der Waals surface area (Å²) < 4.78 is 5.25. The van der Waals surface area contributed by atoms with Gasteiger partial charge >= 0.3 is 0 Å². The molecule has 0 aliphatic rings. The quantitative estimate of drug-likeness (QED) is 0.768. The van der Waals surface area contributed by atoms with Crippen LogP contribution in [0.15, 0.2) is 47.1 Å². The second-order valence-corrected chi connectivity index (χ2v) is 4.45. The molecule has 0 radical (unpaired) electrons. The van der Waals surface area contributed by atoms with Gasteiger partial charge in [0.25, 0.3) is 0 Å². The van der Waals surface area contributed by atoms with Gasteiger partial charge in [0.05, 0.1) is 12.3 Å². The van der Waals surface area contributed by atoms with E-state index >= 15 is 0 Å². The number of H-pyrrole nitrogens is 1. The zero-order valence-corrected chi connectivity index (χ0v) is 11.4. The third kappa shape index (κ3) is 2.86. The van der Waals surface area contributed by atoms with E-state index in [2.05, 4.69) is 20.5 Å². The van der Waals surface area contributed by atoms with Crippen molar-refractivity contribution in [3.05, 3.63) is 42.7 Å². The molecule has 2 aromatic heterocycles. The summed E-state index contributed by atoms with van der Waals surface area (Å²) >= 11 is 0. The number of carbonyl (C=O) groups is 1. The van der Waals surface area contributed by atoms with Crippen molar-refractivity contribution < 1.29 is 9.21 Å². The fraction of sp³-hybridized carbons (Fsp3) is 0.0667. The van der Waals surface area contributed by atoms with E-state index in [1.54, 1.807) is 48.7 Å². The predicted molar refractivity (Wildman–Crippen MR) is 78.4 cm³/mol. The number of aromatic amines is 1. The average molecular weight is 293 g/mol. The van der Waals surface area contributed by atoms with E-state index in [1.807, 2.05) is 0 Å². The van der Waals surface area contributed by atoms with Gasteiger partial charge in [-0.3, -0.25) is 9.89 Å². The van der Waals surface area contributed by atoms with E-state index in [0.29, 0.717) is 23.1 Å². The van der Waals surface area contributed by atoms with E-state index in [4.69, 9.17) is 9.68 Å². The van der Waals surface area contributed by atoms with Crippen molar-refractivity contribution in [3.8, 4) is 29.0 Å². The topological polar surface area (TPSA) is 108 Å². The van der Waals surface area contributed by atoms with E-state index < -0.39 is 0 Å². The molecule has 7 heteroatoms. The minimum absolute atomic E-state index is 0.171. The van der Waals surface area contributed by atoms with Crippen LogP contribution in [0, 0.1) is 11.3 Å². The zero-order chi connectivity index (χ0) is 15.4. The first-order valence-electron chi connectivity index (χ1n) is 6.50. The van der Waals surface area contributed by atoms with Crippen LogP contribution in [0.25, 0.3) is 23.0 Å². The highest BCUT2D eigenvalue weighted by molar-refractivity contribution is 5.92. The molecule has 2 heterocycles. The number of nitrogens with zero attached hydrogens (tertiary/aromatic N) is 3. The second kappa shape index (κ2) is 5.93. The van der Waals surface area contributed by atoms with Gasteiger partial charge < -0.3 is 9.73 Å². The minimum Gasteiger partial charge on any atom is -0.461 e. The molecule has 22 heavy (non-hydrogen) atoms. The van der Waals surface area contributed by atoms with Gasteiger partial charge in [-0.15, -0.1) is 0 Å². The van der Waals surface area contributed by atoms with Crippen LogP contribution in [0.3, 0.4) is 0 Å². The molecule has 1 aromatic carbocycles. The normalized spacial score (nSPS) is 10.1. The van der Waals surface area contributed by atoms with Gasteiger partial charge in [0, 0.05) is 11.3 Å². The Balaban J connectivity index is 1.76. The molecule has 2 N–H and O–H groups in total. The fourth-order valence-corrected chi connectivity index (χ4v) is 1.89. The molecule has 3 rings (SSSR count). The fourth-order valence-electron chi connectivity index (χ4n) is 1.89. The summed E-state index contributed by atoms with van der Waals surface area (Å²) in [4.78, 5) is 15.7. The molecular weight excluding hydrogens is 282 g/mol. The van der Waals surface area contributed by atoms with Crippen LogP contribution >= 0.6 is 0 Å². The van der Waals surface area contributed by atoms with Crippen molar-refractivity contribution >= 4 is 11.6 Å². The summed E-state index contributed by atoms with van der Waals surface area (Å²) in [5, 5.41) is 18.0. The molecule has 0 spiro atoms. The van der Waals surface area contributed by atoms with Crippen molar-refractivity contribution in [1.82, 2.24) is 15.2 Å². The van der Waals surface area contributed by atoms with Gasteiger partial charge in [0.15, 0.2) is 17.4 Å². The van der Waals surface area contributed by atoms with Crippen molar-refractivity contribution in [2.45, 2.75) is 6.42 Å². The Bertz CT molecular complexity index is 812. The molecular formula is C15H11N5O2. The maximum Gasteiger partial charge on any atom is 0.238 e. The smallest absolute Gasteiger partial charge is 0.238 e. The number of hydrogen-bond acceptors (Lipinski definition) is 5.